The largest absolute Gasteiger partial charge is 0.456 e. The number of aromatic nitrogens is 3. The monoisotopic (exact) mass is 775 g/mol. The summed E-state index contributed by atoms with van der Waals surface area (Å²) >= 11 is 0. The molecule has 0 bridgehead atoms. The molecule has 0 saturated heterocycles. The van der Waals surface area contributed by atoms with Crippen molar-refractivity contribution in [2.24, 2.45) is 0 Å². The number of para-hydroxylation sites is 1. The molecule has 282 valence electrons. The van der Waals surface area contributed by atoms with Crippen LogP contribution in [-0.2, 0) is 0 Å². The molecule has 0 radical (unpaired) electrons. The second-order valence-electron chi connectivity index (χ2n) is 15.9. The van der Waals surface area contributed by atoms with Gasteiger partial charge in [-0.2, -0.15) is 0 Å². The number of hydrogen-bond donors (Lipinski definition) is 0. The minimum absolute atomic E-state index is 0.605. The van der Waals surface area contributed by atoms with Crippen molar-refractivity contribution < 1.29 is 4.42 Å². The lowest BCUT2D eigenvalue weighted by Crippen LogP contribution is -2.01. The van der Waals surface area contributed by atoms with Crippen molar-refractivity contribution in [2.75, 3.05) is 0 Å². The van der Waals surface area contributed by atoms with Crippen molar-refractivity contribution in [3.05, 3.63) is 200 Å². The lowest BCUT2D eigenvalue weighted by Gasteiger charge is -2.18. The Balaban J connectivity index is 1.04. The maximum Gasteiger partial charge on any atom is 0.164 e. The SMILES string of the molecule is c1ccc(-c2nc(-c3ccc(-c4cc5ccccc5o4)cc3)nc(-c3ccccc3-c3cc4ccc5cccc6c7cccc8ccc9cccc(c(c3)c4c56)c9c87)n2)cc1. The van der Waals surface area contributed by atoms with E-state index in [1.165, 1.54) is 64.6 Å². The molecule has 0 amide bonds. The molecule has 0 atom stereocenters. The van der Waals surface area contributed by atoms with Crippen molar-refractivity contribution in [3.63, 3.8) is 0 Å². The number of fused-ring (bicyclic) bond motifs is 3. The van der Waals surface area contributed by atoms with Crippen LogP contribution in [0.1, 0.15) is 0 Å². The molecule has 0 aliphatic heterocycles. The van der Waals surface area contributed by atoms with Crippen LogP contribution in [0.4, 0.5) is 0 Å². The molecule has 4 heteroatoms. The average molecular weight is 776 g/mol. The maximum absolute atomic E-state index is 6.19. The molecule has 0 N–H and O–H groups in total. The van der Waals surface area contributed by atoms with Gasteiger partial charge in [-0.15, -0.1) is 0 Å². The second-order valence-corrected chi connectivity index (χ2v) is 15.9. The number of benzene rings is 10. The summed E-state index contributed by atoms with van der Waals surface area (Å²) in [7, 11) is 0. The van der Waals surface area contributed by atoms with Gasteiger partial charge in [0.15, 0.2) is 17.5 Å². The van der Waals surface area contributed by atoms with Crippen molar-refractivity contribution in [3.8, 4) is 56.6 Å². The minimum atomic E-state index is 0.605. The Morgan fingerprint density at radius 3 is 1.43 bits per heavy atom. The van der Waals surface area contributed by atoms with Gasteiger partial charge in [0.05, 0.1) is 0 Å². The molecule has 13 aromatic rings. The predicted octanol–water partition coefficient (Wildman–Crippen LogP) is 15.3. The van der Waals surface area contributed by atoms with Gasteiger partial charge in [0.2, 0.25) is 0 Å². The molecule has 2 heterocycles. The van der Waals surface area contributed by atoms with Crippen LogP contribution in [0.5, 0.6) is 0 Å². The molecular weight excluding hydrogens is 743 g/mol. The average Bonchev–Trinajstić information content (AvgIpc) is 3.77. The first kappa shape index (κ1) is 33.7. The van der Waals surface area contributed by atoms with Crippen LogP contribution in [0.25, 0.3) is 132 Å². The van der Waals surface area contributed by atoms with Gasteiger partial charge < -0.3 is 4.42 Å². The van der Waals surface area contributed by atoms with Crippen LogP contribution >= 0.6 is 0 Å². The van der Waals surface area contributed by atoms with Crippen LogP contribution in [0, 0.1) is 0 Å². The first-order valence-electron chi connectivity index (χ1n) is 20.7. The van der Waals surface area contributed by atoms with Gasteiger partial charge in [0.25, 0.3) is 0 Å². The van der Waals surface area contributed by atoms with Crippen LogP contribution in [0.2, 0.25) is 0 Å². The van der Waals surface area contributed by atoms with Gasteiger partial charge in [-0.1, -0.05) is 176 Å². The van der Waals surface area contributed by atoms with Crippen LogP contribution in [0.3, 0.4) is 0 Å². The van der Waals surface area contributed by atoms with E-state index in [-0.39, 0.29) is 0 Å². The summed E-state index contributed by atoms with van der Waals surface area (Å²) in [6.07, 6.45) is 0. The lowest BCUT2D eigenvalue weighted by atomic mass is 9.86. The Hall–Kier alpha value is -8.21. The standard InChI is InChI=1S/C57H33N3O/c1-2-11-38(12-3-1)55-58-56(39-28-23-34(24-29-39)50-33-40-13-4-7-22-49(40)61-50)60-57(59-55)47-18-6-5-17-43(47)42-31-41-30-27-37-15-9-20-45-44-19-8-14-35-25-26-36-16-10-21-46(53(36)51(35)44)48(32-42)54(41)52(37)45/h1-33H. The number of hydrogen-bond acceptors (Lipinski definition) is 4. The lowest BCUT2D eigenvalue weighted by molar-refractivity contribution is 0.631. The van der Waals surface area contributed by atoms with E-state index in [1.54, 1.807) is 0 Å². The van der Waals surface area contributed by atoms with Gasteiger partial charge in [-0.3, -0.25) is 0 Å². The highest BCUT2D eigenvalue weighted by molar-refractivity contribution is 6.37. The highest BCUT2D eigenvalue weighted by Gasteiger charge is 2.20. The van der Waals surface area contributed by atoms with Crippen molar-refractivity contribution >= 4 is 75.6 Å². The second kappa shape index (κ2) is 13.2. The number of furan rings is 1. The molecular formula is C57H33N3O. The minimum Gasteiger partial charge on any atom is -0.456 e. The van der Waals surface area contributed by atoms with Crippen molar-refractivity contribution in [1.82, 2.24) is 15.0 Å². The van der Waals surface area contributed by atoms with E-state index in [4.69, 9.17) is 19.4 Å². The van der Waals surface area contributed by atoms with Crippen LogP contribution in [-0.4, -0.2) is 15.0 Å². The smallest absolute Gasteiger partial charge is 0.164 e. The third kappa shape index (κ3) is 5.29. The van der Waals surface area contributed by atoms with Gasteiger partial charge in [0, 0.05) is 27.6 Å². The first-order chi connectivity index (χ1) is 30.2. The Morgan fingerprint density at radius 1 is 0.279 bits per heavy atom. The zero-order valence-electron chi connectivity index (χ0n) is 32.8. The summed E-state index contributed by atoms with van der Waals surface area (Å²) in [6.45, 7) is 0. The third-order valence-corrected chi connectivity index (χ3v) is 12.4. The topological polar surface area (TPSA) is 51.8 Å². The Kier molecular flexibility index (Phi) is 7.27. The van der Waals surface area contributed by atoms with Crippen LogP contribution in [0.15, 0.2) is 205 Å². The van der Waals surface area contributed by atoms with E-state index in [0.717, 1.165) is 50.1 Å². The molecule has 0 unspecified atom stereocenters. The zero-order valence-corrected chi connectivity index (χ0v) is 32.8. The Labute approximate surface area is 350 Å². The molecule has 0 aliphatic rings. The molecule has 2 aromatic heterocycles. The molecule has 61 heavy (non-hydrogen) atoms. The van der Waals surface area contributed by atoms with E-state index < -0.39 is 0 Å². The molecule has 11 aromatic carbocycles. The fraction of sp³-hybridized carbons (Fsp3) is 0. The zero-order chi connectivity index (χ0) is 40.0. The highest BCUT2D eigenvalue weighted by atomic mass is 16.3. The Bertz CT molecular complexity index is 3830. The number of nitrogens with zero attached hydrogens (tertiary/aromatic N) is 3. The fourth-order valence-corrected chi connectivity index (χ4v) is 9.62. The summed E-state index contributed by atoms with van der Waals surface area (Å²) in [4.78, 5) is 15.5. The number of rotatable bonds is 5. The summed E-state index contributed by atoms with van der Waals surface area (Å²) in [5.41, 5.74) is 6.78. The fourth-order valence-electron chi connectivity index (χ4n) is 9.62. The van der Waals surface area contributed by atoms with E-state index in [9.17, 15) is 0 Å². The van der Waals surface area contributed by atoms with Gasteiger partial charge in [0.1, 0.15) is 11.3 Å². The van der Waals surface area contributed by atoms with Gasteiger partial charge in [-0.05, 0) is 100 Å². The molecule has 13 rings (SSSR count). The van der Waals surface area contributed by atoms with E-state index in [2.05, 4.69) is 164 Å². The molecule has 4 nitrogen and oxygen atoms in total. The van der Waals surface area contributed by atoms with Gasteiger partial charge >= 0.3 is 0 Å². The predicted molar refractivity (Wildman–Crippen MR) is 253 cm³/mol. The van der Waals surface area contributed by atoms with E-state index in [0.29, 0.717) is 17.5 Å². The summed E-state index contributed by atoms with van der Waals surface area (Å²) in [6, 6.07) is 71.2. The Morgan fingerprint density at radius 2 is 0.770 bits per heavy atom. The van der Waals surface area contributed by atoms with Gasteiger partial charge in [-0.25, -0.2) is 15.0 Å². The normalized spacial score (nSPS) is 11.9. The maximum atomic E-state index is 6.19. The molecule has 0 fully saturated rings. The highest BCUT2D eigenvalue weighted by Crippen LogP contribution is 2.45. The first-order valence-corrected chi connectivity index (χ1v) is 20.7. The van der Waals surface area contributed by atoms with E-state index >= 15 is 0 Å². The summed E-state index contributed by atoms with van der Waals surface area (Å²) < 4.78 is 6.19. The van der Waals surface area contributed by atoms with Crippen molar-refractivity contribution in [2.45, 2.75) is 0 Å². The summed E-state index contributed by atoms with van der Waals surface area (Å²) in [5.74, 6) is 2.67. The molecule has 0 saturated carbocycles. The van der Waals surface area contributed by atoms with E-state index in [1.807, 2.05) is 36.4 Å². The van der Waals surface area contributed by atoms with Crippen molar-refractivity contribution in [1.29, 1.82) is 0 Å². The third-order valence-electron chi connectivity index (χ3n) is 12.4. The quantitative estimate of drug-likeness (QED) is 0.163. The molecule has 0 spiro atoms. The molecule has 0 aliphatic carbocycles. The summed E-state index contributed by atoms with van der Waals surface area (Å²) in [5, 5.41) is 16.1. The van der Waals surface area contributed by atoms with Crippen LogP contribution < -0.4 is 0 Å².